The summed E-state index contributed by atoms with van der Waals surface area (Å²) in [6.45, 7) is 6.73. The summed E-state index contributed by atoms with van der Waals surface area (Å²) in [4.78, 5) is 18.3. The number of amides is 1. The molecule has 4 aromatic rings. The van der Waals surface area contributed by atoms with Crippen LogP contribution in [0, 0.1) is 5.41 Å². The maximum absolute atomic E-state index is 13.4. The normalized spacial score (nSPS) is 14.4. The molecule has 1 amide bonds. The van der Waals surface area contributed by atoms with Crippen molar-refractivity contribution in [3.05, 3.63) is 77.3 Å². The minimum absolute atomic E-state index is 0.144. The highest BCUT2D eigenvalue weighted by molar-refractivity contribution is 7.13. The van der Waals surface area contributed by atoms with Crippen molar-refractivity contribution in [1.82, 2.24) is 15.2 Å². The van der Waals surface area contributed by atoms with Gasteiger partial charge in [0.05, 0.1) is 17.7 Å². The van der Waals surface area contributed by atoms with Crippen molar-refractivity contribution in [2.24, 2.45) is 5.41 Å². The van der Waals surface area contributed by atoms with Gasteiger partial charge in [0.2, 0.25) is 16.9 Å². The number of ether oxygens (including phenoxy) is 2. The Labute approximate surface area is 214 Å². The van der Waals surface area contributed by atoms with Crippen LogP contribution >= 0.6 is 11.3 Å². The molecule has 0 fully saturated rings. The van der Waals surface area contributed by atoms with Crippen LogP contribution in [-0.4, -0.2) is 27.7 Å². The number of pyridine rings is 1. The number of nitrogens with zero attached hydrogens (tertiary/aromatic N) is 3. The van der Waals surface area contributed by atoms with Gasteiger partial charge in [0.1, 0.15) is 17.0 Å². The van der Waals surface area contributed by atoms with Crippen LogP contribution in [0.25, 0.3) is 11.3 Å². The number of carbonyl (C=O) groups is 1. The first kappa shape index (κ1) is 23.9. The first-order valence-corrected chi connectivity index (χ1v) is 12.9. The molecule has 0 radical (unpaired) electrons. The van der Waals surface area contributed by atoms with E-state index in [1.54, 1.807) is 5.51 Å². The minimum Gasteiger partial charge on any atom is -0.494 e. The van der Waals surface area contributed by atoms with Gasteiger partial charge in [-0.3, -0.25) is 4.79 Å². The Bertz CT molecular complexity index is 1350. The minimum atomic E-state index is -0.818. The van der Waals surface area contributed by atoms with Crippen LogP contribution in [0.15, 0.2) is 66.2 Å². The van der Waals surface area contributed by atoms with E-state index in [1.807, 2.05) is 74.5 Å². The van der Waals surface area contributed by atoms with Crippen LogP contribution in [0.2, 0.25) is 0 Å². The number of unbranched alkanes of at least 4 members (excludes halogenated alkanes) is 1. The van der Waals surface area contributed by atoms with Crippen molar-refractivity contribution >= 4 is 22.4 Å². The Kier molecular flexibility index (Phi) is 6.69. The lowest BCUT2D eigenvalue weighted by Gasteiger charge is -2.37. The van der Waals surface area contributed by atoms with Gasteiger partial charge in [-0.1, -0.05) is 62.8 Å². The van der Waals surface area contributed by atoms with Crippen molar-refractivity contribution in [2.45, 2.75) is 39.5 Å². The van der Waals surface area contributed by atoms with E-state index in [0.717, 1.165) is 41.0 Å². The maximum atomic E-state index is 13.4. The largest absolute Gasteiger partial charge is 0.494 e. The second kappa shape index (κ2) is 10.1. The lowest BCUT2D eigenvalue weighted by atomic mass is 9.69. The average molecular weight is 501 g/mol. The molecule has 1 atom stereocenters. The average Bonchev–Trinajstić information content (AvgIpc) is 3.40. The predicted octanol–water partition coefficient (Wildman–Crippen LogP) is 6.68. The van der Waals surface area contributed by atoms with E-state index >= 15 is 0 Å². The summed E-state index contributed by atoms with van der Waals surface area (Å²) in [7, 11) is 0. The molecule has 36 heavy (non-hydrogen) atoms. The van der Waals surface area contributed by atoms with Gasteiger partial charge in [0, 0.05) is 22.6 Å². The third-order valence-electron chi connectivity index (χ3n) is 6.44. The molecule has 0 unspecified atom stereocenters. The Morgan fingerprint density at radius 2 is 1.89 bits per heavy atom. The van der Waals surface area contributed by atoms with Gasteiger partial charge in [-0.05, 0) is 42.8 Å². The van der Waals surface area contributed by atoms with Gasteiger partial charge >= 0.3 is 0 Å². The van der Waals surface area contributed by atoms with Crippen LogP contribution in [-0.2, 0) is 4.79 Å². The molecule has 0 spiro atoms. The van der Waals surface area contributed by atoms with E-state index in [9.17, 15) is 4.79 Å². The van der Waals surface area contributed by atoms with Gasteiger partial charge in [-0.2, -0.15) is 0 Å². The molecule has 7 nitrogen and oxygen atoms in total. The lowest BCUT2D eigenvalue weighted by molar-refractivity contribution is -0.124. The van der Waals surface area contributed by atoms with Crippen LogP contribution in [0.3, 0.4) is 0 Å². The summed E-state index contributed by atoms with van der Waals surface area (Å²) in [5, 5.41) is 11.2. The summed E-state index contributed by atoms with van der Waals surface area (Å²) in [6, 6.07) is 19.8. The molecule has 184 valence electrons. The molecule has 8 heteroatoms. The third kappa shape index (κ3) is 4.68. The van der Waals surface area contributed by atoms with Crippen molar-refractivity contribution in [2.75, 3.05) is 11.9 Å². The number of para-hydroxylation sites is 1. The Hall–Kier alpha value is -3.78. The summed E-state index contributed by atoms with van der Waals surface area (Å²) < 4.78 is 12.0. The second-order valence-corrected chi connectivity index (χ2v) is 10.1. The highest BCUT2D eigenvalue weighted by Gasteiger charge is 2.44. The highest BCUT2D eigenvalue weighted by Crippen LogP contribution is 2.52. The summed E-state index contributed by atoms with van der Waals surface area (Å²) in [6.07, 6.45) is 2.13. The molecule has 1 N–H and O–H groups in total. The molecular weight excluding hydrogens is 472 g/mol. The molecule has 5 rings (SSSR count). The third-order valence-corrected chi connectivity index (χ3v) is 7.05. The molecule has 0 bridgehead atoms. The first-order chi connectivity index (χ1) is 17.5. The quantitative estimate of drug-likeness (QED) is 0.272. The highest BCUT2D eigenvalue weighted by atomic mass is 32.1. The fraction of sp³-hybridized carbons (Fsp3) is 0.286. The number of nitrogens with one attached hydrogen (secondary N) is 1. The van der Waals surface area contributed by atoms with E-state index in [1.165, 1.54) is 11.3 Å². The van der Waals surface area contributed by atoms with E-state index < -0.39 is 5.41 Å². The molecule has 1 aliphatic rings. The van der Waals surface area contributed by atoms with Crippen molar-refractivity contribution in [3.63, 3.8) is 0 Å². The zero-order chi connectivity index (χ0) is 25.1. The fourth-order valence-electron chi connectivity index (χ4n) is 4.45. The molecule has 0 aliphatic carbocycles. The molecule has 2 aromatic heterocycles. The topological polar surface area (TPSA) is 86.2 Å². The SMILES string of the molecule is CCCCOc1ccc(-c2ccc3c(n2)Oc2ccccc2[C@@H]3C(C)(C)C(=O)Nc2nncs2)cc1. The van der Waals surface area contributed by atoms with Crippen LogP contribution in [0.1, 0.15) is 50.7 Å². The molecular formula is C28H28N4O3S. The number of fused-ring (bicyclic) bond motifs is 2. The zero-order valence-corrected chi connectivity index (χ0v) is 21.3. The summed E-state index contributed by atoms with van der Waals surface area (Å²) in [5.41, 5.74) is 4.36. The molecule has 0 saturated heterocycles. The summed E-state index contributed by atoms with van der Waals surface area (Å²) >= 11 is 1.29. The molecule has 3 heterocycles. The molecule has 1 aliphatic heterocycles. The number of carbonyl (C=O) groups excluding carboxylic acids is 1. The number of rotatable bonds is 8. The van der Waals surface area contributed by atoms with Gasteiger partial charge in [-0.25, -0.2) is 4.98 Å². The standard InChI is InChI=1S/C28H28N4O3S/c1-4-5-16-34-19-12-10-18(11-13-19)22-15-14-21-24(20-8-6-7-9-23(20)35-25(21)30-22)28(2,3)26(33)31-27-32-29-17-36-27/h6-15,17,24H,4-5,16H2,1-3H3,(H,31,32,33)/t24-/m0/s1. The smallest absolute Gasteiger partial charge is 0.232 e. The fourth-order valence-corrected chi connectivity index (χ4v) is 4.89. The van der Waals surface area contributed by atoms with Gasteiger partial charge < -0.3 is 14.8 Å². The second-order valence-electron chi connectivity index (χ2n) is 9.31. The molecule has 2 aromatic carbocycles. The summed E-state index contributed by atoms with van der Waals surface area (Å²) in [5.74, 6) is 1.65. The van der Waals surface area contributed by atoms with Crippen molar-refractivity contribution in [3.8, 4) is 28.6 Å². The van der Waals surface area contributed by atoms with E-state index in [4.69, 9.17) is 14.5 Å². The van der Waals surface area contributed by atoms with E-state index in [2.05, 4.69) is 22.4 Å². The van der Waals surface area contributed by atoms with Crippen LogP contribution in [0.4, 0.5) is 5.13 Å². The molecule has 0 saturated carbocycles. The van der Waals surface area contributed by atoms with E-state index in [0.29, 0.717) is 23.4 Å². The Morgan fingerprint density at radius 3 is 2.64 bits per heavy atom. The van der Waals surface area contributed by atoms with Crippen LogP contribution < -0.4 is 14.8 Å². The predicted molar refractivity (Wildman–Crippen MR) is 141 cm³/mol. The van der Waals surface area contributed by atoms with Crippen molar-refractivity contribution < 1.29 is 14.3 Å². The number of benzene rings is 2. The first-order valence-electron chi connectivity index (χ1n) is 12.1. The monoisotopic (exact) mass is 500 g/mol. The number of hydrogen-bond donors (Lipinski definition) is 1. The number of anilines is 1. The van der Waals surface area contributed by atoms with Gasteiger partial charge in [0.15, 0.2) is 0 Å². The Morgan fingerprint density at radius 1 is 1.08 bits per heavy atom. The lowest BCUT2D eigenvalue weighted by Crippen LogP contribution is -2.38. The maximum Gasteiger partial charge on any atom is 0.232 e. The van der Waals surface area contributed by atoms with Crippen LogP contribution in [0.5, 0.6) is 17.4 Å². The van der Waals surface area contributed by atoms with E-state index in [-0.39, 0.29) is 11.8 Å². The van der Waals surface area contributed by atoms with Gasteiger partial charge in [0.25, 0.3) is 0 Å². The number of aromatic nitrogens is 3. The number of hydrogen-bond acceptors (Lipinski definition) is 7. The van der Waals surface area contributed by atoms with Gasteiger partial charge in [-0.15, -0.1) is 10.2 Å². The Balaban J connectivity index is 1.48. The van der Waals surface area contributed by atoms with Crippen molar-refractivity contribution in [1.29, 1.82) is 0 Å². The zero-order valence-electron chi connectivity index (χ0n) is 20.5.